The summed E-state index contributed by atoms with van der Waals surface area (Å²) < 4.78 is 18.7. The molecule has 0 radical (unpaired) electrons. The lowest BCUT2D eigenvalue weighted by molar-refractivity contribution is 0.0780. The molecule has 1 N–H and O–H groups in total. The van der Waals surface area contributed by atoms with Gasteiger partial charge < -0.3 is 19.5 Å². The average Bonchev–Trinajstić information content (AvgIpc) is 3.11. The molecule has 5 nitrogen and oxygen atoms in total. The van der Waals surface area contributed by atoms with Crippen molar-refractivity contribution in [1.29, 1.82) is 0 Å². The molecule has 0 atom stereocenters. The Morgan fingerprint density at radius 1 is 1.15 bits per heavy atom. The predicted molar refractivity (Wildman–Crippen MR) is 104 cm³/mol. The Kier molecular flexibility index (Phi) is 4.81. The van der Waals surface area contributed by atoms with Gasteiger partial charge in [0.25, 0.3) is 5.91 Å². The Morgan fingerprint density at radius 2 is 1.89 bits per heavy atom. The normalized spacial score (nSPS) is 14.5. The van der Waals surface area contributed by atoms with Crippen molar-refractivity contribution in [2.75, 3.05) is 38.3 Å². The molecule has 0 bridgehead atoms. The molecule has 2 aromatic carbocycles. The van der Waals surface area contributed by atoms with E-state index in [0.29, 0.717) is 17.6 Å². The molecule has 0 aliphatic carbocycles. The third-order valence-electron chi connectivity index (χ3n) is 4.89. The van der Waals surface area contributed by atoms with Crippen molar-refractivity contribution in [3.8, 4) is 0 Å². The summed E-state index contributed by atoms with van der Waals surface area (Å²) in [6.45, 7) is 3.82. The summed E-state index contributed by atoms with van der Waals surface area (Å²) in [5.41, 5.74) is 3.45. The molecule has 0 saturated carbocycles. The predicted octanol–water partition coefficient (Wildman–Crippen LogP) is 3.42. The molecular weight excluding hydrogens is 345 g/mol. The first-order valence-electron chi connectivity index (χ1n) is 9.05. The fraction of sp³-hybridized carbons (Fsp3) is 0.286. The zero-order chi connectivity index (χ0) is 18.8. The molecule has 1 fully saturated rings. The van der Waals surface area contributed by atoms with Crippen LogP contribution in [0.15, 0.2) is 48.5 Å². The maximum Gasteiger partial charge on any atom is 0.270 e. The molecule has 140 valence electrons. The second-order valence-corrected chi connectivity index (χ2v) is 6.84. The van der Waals surface area contributed by atoms with E-state index >= 15 is 0 Å². The van der Waals surface area contributed by atoms with Crippen LogP contribution in [0.4, 0.5) is 10.1 Å². The Bertz CT molecular complexity index is 946. The number of rotatable bonds is 4. The number of hydrogen-bond donors (Lipinski definition) is 1. The molecule has 1 saturated heterocycles. The van der Waals surface area contributed by atoms with E-state index in [1.807, 2.05) is 0 Å². The van der Waals surface area contributed by atoms with Crippen LogP contribution in [0.25, 0.3) is 10.9 Å². The number of anilines is 1. The average molecular weight is 367 g/mol. The number of aromatic nitrogens is 1. The molecule has 4 rings (SSSR count). The third kappa shape index (κ3) is 3.80. The first-order valence-corrected chi connectivity index (χ1v) is 9.05. The number of nitrogens with zero attached hydrogens (tertiary/aromatic N) is 2. The zero-order valence-electron chi connectivity index (χ0n) is 15.2. The Balaban J connectivity index is 1.44. The van der Waals surface area contributed by atoms with Crippen LogP contribution in [0.1, 0.15) is 16.1 Å². The van der Waals surface area contributed by atoms with Gasteiger partial charge in [0.1, 0.15) is 11.5 Å². The minimum atomic E-state index is -0.311. The number of nitrogens with one attached hydrogen (secondary N) is 1. The van der Waals surface area contributed by atoms with E-state index in [2.05, 4.69) is 34.1 Å². The van der Waals surface area contributed by atoms with Gasteiger partial charge in [-0.2, -0.15) is 0 Å². The number of carbonyl (C=O) groups is 1. The van der Waals surface area contributed by atoms with Gasteiger partial charge in [-0.25, -0.2) is 4.39 Å². The molecule has 2 heterocycles. The van der Waals surface area contributed by atoms with E-state index < -0.39 is 0 Å². The summed E-state index contributed by atoms with van der Waals surface area (Å²) in [7, 11) is 1.77. The lowest BCUT2D eigenvalue weighted by Crippen LogP contribution is -2.36. The number of benzene rings is 2. The first kappa shape index (κ1) is 17.5. The number of aromatic amines is 1. The molecule has 1 aromatic heterocycles. The van der Waals surface area contributed by atoms with Crippen LogP contribution in [0.2, 0.25) is 0 Å². The molecule has 27 heavy (non-hydrogen) atoms. The highest BCUT2D eigenvalue weighted by molar-refractivity contribution is 5.97. The molecule has 6 heteroatoms. The van der Waals surface area contributed by atoms with E-state index in [1.165, 1.54) is 17.8 Å². The van der Waals surface area contributed by atoms with E-state index in [0.717, 1.165) is 37.4 Å². The monoisotopic (exact) mass is 367 g/mol. The Hall–Kier alpha value is -2.86. The van der Waals surface area contributed by atoms with Gasteiger partial charge in [0.05, 0.1) is 13.2 Å². The fourth-order valence-corrected chi connectivity index (χ4v) is 3.40. The highest BCUT2D eigenvalue weighted by Gasteiger charge is 2.16. The van der Waals surface area contributed by atoms with Crippen molar-refractivity contribution >= 4 is 22.5 Å². The number of ether oxygens (including phenoxy) is 1. The van der Waals surface area contributed by atoms with E-state index in [4.69, 9.17) is 4.74 Å². The van der Waals surface area contributed by atoms with Crippen LogP contribution in [0.5, 0.6) is 0 Å². The summed E-state index contributed by atoms with van der Waals surface area (Å²) >= 11 is 0. The number of halogens is 1. The number of amides is 1. The van der Waals surface area contributed by atoms with Gasteiger partial charge in [0.2, 0.25) is 0 Å². The summed E-state index contributed by atoms with van der Waals surface area (Å²) in [5.74, 6) is -0.432. The second kappa shape index (κ2) is 7.40. The van der Waals surface area contributed by atoms with Crippen molar-refractivity contribution in [2.45, 2.75) is 6.54 Å². The van der Waals surface area contributed by atoms with Crippen LogP contribution >= 0.6 is 0 Å². The van der Waals surface area contributed by atoms with Gasteiger partial charge in [-0.15, -0.1) is 0 Å². The molecular formula is C21H22FN3O2. The minimum Gasteiger partial charge on any atom is -0.378 e. The summed E-state index contributed by atoms with van der Waals surface area (Å²) in [6.07, 6.45) is 0. The summed E-state index contributed by atoms with van der Waals surface area (Å²) in [4.78, 5) is 19.7. The number of fused-ring (bicyclic) bond motifs is 1. The van der Waals surface area contributed by atoms with E-state index in [-0.39, 0.29) is 11.7 Å². The Labute approximate surface area is 157 Å². The van der Waals surface area contributed by atoms with Crippen LogP contribution in [0.3, 0.4) is 0 Å². The lowest BCUT2D eigenvalue weighted by Gasteiger charge is -2.29. The quantitative estimate of drug-likeness (QED) is 0.769. The number of hydrogen-bond acceptors (Lipinski definition) is 3. The maximum atomic E-state index is 13.3. The maximum absolute atomic E-state index is 13.3. The van der Waals surface area contributed by atoms with Gasteiger partial charge >= 0.3 is 0 Å². The van der Waals surface area contributed by atoms with Gasteiger partial charge in [-0.3, -0.25) is 4.79 Å². The molecule has 0 unspecified atom stereocenters. The smallest absolute Gasteiger partial charge is 0.270 e. The van der Waals surface area contributed by atoms with E-state index in [1.54, 1.807) is 24.1 Å². The van der Waals surface area contributed by atoms with Crippen molar-refractivity contribution < 1.29 is 13.9 Å². The number of carbonyl (C=O) groups excluding carboxylic acids is 1. The highest BCUT2D eigenvalue weighted by Crippen LogP contribution is 2.20. The highest BCUT2D eigenvalue weighted by atomic mass is 19.1. The van der Waals surface area contributed by atoms with Gasteiger partial charge in [-0.1, -0.05) is 12.1 Å². The number of H-pyrrole nitrogens is 1. The van der Waals surface area contributed by atoms with Gasteiger partial charge in [-0.05, 0) is 42.0 Å². The SMILES string of the molecule is CN(Cc1ccc(N2CCOCC2)cc1)C(=O)c1cc2cc(F)ccc2[nH]1. The molecule has 1 amide bonds. The van der Waals surface area contributed by atoms with Gasteiger partial charge in [0, 0.05) is 43.3 Å². The van der Waals surface area contributed by atoms with Crippen molar-refractivity contribution in [3.05, 3.63) is 65.6 Å². The van der Waals surface area contributed by atoms with Crippen molar-refractivity contribution in [2.24, 2.45) is 0 Å². The zero-order valence-corrected chi connectivity index (χ0v) is 15.2. The second-order valence-electron chi connectivity index (χ2n) is 6.84. The number of morpholine rings is 1. The fourth-order valence-electron chi connectivity index (χ4n) is 3.40. The molecule has 0 spiro atoms. The molecule has 1 aliphatic rings. The van der Waals surface area contributed by atoms with Crippen LogP contribution in [-0.2, 0) is 11.3 Å². The first-order chi connectivity index (χ1) is 13.1. The largest absolute Gasteiger partial charge is 0.378 e. The van der Waals surface area contributed by atoms with Gasteiger partial charge in [0.15, 0.2) is 0 Å². The minimum absolute atomic E-state index is 0.121. The van der Waals surface area contributed by atoms with Crippen LogP contribution in [0, 0.1) is 5.82 Å². The third-order valence-corrected chi connectivity index (χ3v) is 4.89. The molecule has 3 aromatic rings. The van der Waals surface area contributed by atoms with Crippen LogP contribution < -0.4 is 4.90 Å². The van der Waals surface area contributed by atoms with Crippen molar-refractivity contribution in [3.63, 3.8) is 0 Å². The van der Waals surface area contributed by atoms with Crippen molar-refractivity contribution in [1.82, 2.24) is 9.88 Å². The van der Waals surface area contributed by atoms with Crippen LogP contribution in [-0.4, -0.2) is 49.1 Å². The standard InChI is InChI=1S/C21H22FN3O2/c1-24(21(26)20-13-16-12-17(22)4-7-19(16)23-20)14-15-2-5-18(6-3-15)25-8-10-27-11-9-25/h2-7,12-13,23H,8-11,14H2,1H3. The summed E-state index contributed by atoms with van der Waals surface area (Å²) in [5, 5.41) is 0.696. The molecule has 1 aliphatic heterocycles. The Morgan fingerprint density at radius 3 is 2.63 bits per heavy atom. The topological polar surface area (TPSA) is 48.6 Å². The van der Waals surface area contributed by atoms with E-state index in [9.17, 15) is 9.18 Å². The lowest BCUT2D eigenvalue weighted by atomic mass is 10.1. The summed E-state index contributed by atoms with van der Waals surface area (Å²) in [6, 6.07) is 14.4.